The molecule has 1 rings (SSSR count). The summed E-state index contributed by atoms with van der Waals surface area (Å²) in [4.78, 5) is 3.91. The Morgan fingerprint density at radius 2 is 0.792 bits per heavy atom. The third-order valence-corrected chi connectivity index (χ3v) is 4.39. The minimum atomic E-state index is 0.540. The topological polar surface area (TPSA) is 43.4 Å². The lowest BCUT2D eigenvalue weighted by molar-refractivity contribution is 0.0225. The number of thiocarbonyl (C=S) groups is 2. The molecule has 0 aromatic heterocycles. The fourth-order valence-corrected chi connectivity index (χ4v) is 2.71. The minimum absolute atomic E-state index is 0.540. The standard InChI is InChI=1S/C14H26N2O4S4/c21-13(22)15-1-5-17-9-10-19-7-3-16(14(23)24)4-8-20-12-11-18-6-2-15/h1-12H2,(H,21,22)(H,23,24). The predicted molar refractivity (Wildman–Crippen MR) is 110 cm³/mol. The monoisotopic (exact) mass is 414 g/mol. The Labute approximate surface area is 165 Å². The first kappa shape index (κ1) is 22.4. The molecule has 1 aliphatic rings. The summed E-state index contributed by atoms with van der Waals surface area (Å²) in [5.41, 5.74) is 0. The number of hydrogen-bond donors (Lipinski definition) is 2. The van der Waals surface area contributed by atoms with Gasteiger partial charge in [-0.3, -0.25) is 0 Å². The molecule has 0 unspecified atom stereocenters. The summed E-state index contributed by atoms with van der Waals surface area (Å²) < 4.78 is 23.3. The van der Waals surface area contributed by atoms with E-state index in [0.717, 1.165) is 0 Å². The van der Waals surface area contributed by atoms with E-state index in [0.29, 0.717) is 87.7 Å². The molecule has 0 N–H and O–H groups in total. The first-order chi connectivity index (χ1) is 11.6. The van der Waals surface area contributed by atoms with Crippen LogP contribution in [0.15, 0.2) is 0 Å². The van der Waals surface area contributed by atoms with E-state index in [-0.39, 0.29) is 0 Å². The van der Waals surface area contributed by atoms with E-state index >= 15 is 0 Å². The summed E-state index contributed by atoms with van der Waals surface area (Å²) in [6, 6.07) is 0. The molecule has 1 heterocycles. The smallest absolute Gasteiger partial charge is 0.133 e. The van der Waals surface area contributed by atoms with Gasteiger partial charge in [-0.2, -0.15) is 0 Å². The third-order valence-electron chi connectivity index (χ3n) is 3.31. The van der Waals surface area contributed by atoms with E-state index in [2.05, 4.69) is 25.3 Å². The van der Waals surface area contributed by atoms with Crippen LogP contribution in [0.4, 0.5) is 0 Å². The highest BCUT2D eigenvalue weighted by atomic mass is 32.1. The van der Waals surface area contributed by atoms with Crippen LogP contribution >= 0.6 is 49.7 Å². The molecule has 0 bridgehead atoms. The van der Waals surface area contributed by atoms with Crippen molar-refractivity contribution in [3.63, 3.8) is 0 Å². The average Bonchev–Trinajstić information content (AvgIpc) is 2.54. The van der Waals surface area contributed by atoms with Crippen LogP contribution in [-0.4, -0.2) is 97.5 Å². The molecular weight excluding hydrogens is 388 g/mol. The minimum Gasteiger partial charge on any atom is -0.377 e. The molecule has 0 amide bonds. The molecular formula is C14H26N2O4S4. The highest BCUT2D eigenvalue weighted by Crippen LogP contribution is 1.99. The molecule has 0 aromatic rings. The van der Waals surface area contributed by atoms with Gasteiger partial charge >= 0.3 is 0 Å². The van der Waals surface area contributed by atoms with Gasteiger partial charge in [-0.1, -0.05) is 24.4 Å². The largest absolute Gasteiger partial charge is 0.377 e. The van der Waals surface area contributed by atoms with Crippen molar-refractivity contribution >= 4 is 58.3 Å². The molecule has 0 spiro atoms. The lowest BCUT2D eigenvalue weighted by Crippen LogP contribution is -2.34. The van der Waals surface area contributed by atoms with Crippen LogP contribution in [0.25, 0.3) is 0 Å². The van der Waals surface area contributed by atoms with Crippen LogP contribution < -0.4 is 0 Å². The second kappa shape index (κ2) is 14.5. The van der Waals surface area contributed by atoms with Gasteiger partial charge in [0.05, 0.1) is 52.9 Å². The van der Waals surface area contributed by atoms with Crippen molar-refractivity contribution in [3.05, 3.63) is 0 Å². The summed E-state index contributed by atoms with van der Waals surface area (Å²) in [6.45, 7) is 7.17. The first-order valence-electron chi connectivity index (χ1n) is 7.88. The average molecular weight is 415 g/mol. The van der Waals surface area contributed by atoms with Crippen molar-refractivity contribution in [1.29, 1.82) is 0 Å². The molecule has 10 heteroatoms. The lowest BCUT2D eigenvalue weighted by Gasteiger charge is -2.24. The van der Waals surface area contributed by atoms with Crippen molar-refractivity contribution in [3.8, 4) is 0 Å². The second-order valence-electron chi connectivity index (χ2n) is 4.99. The molecule has 6 nitrogen and oxygen atoms in total. The van der Waals surface area contributed by atoms with Crippen LogP contribution in [0, 0.1) is 0 Å². The number of rotatable bonds is 0. The summed E-state index contributed by atoms with van der Waals surface area (Å²) in [5, 5.41) is 0. The Hall–Kier alpha value is 0.320. The summed E-state index contributed by atoms with van der Waals surface area (Å²) >= 11 is 18.7. The molecule has 140 valence electrons. The molecule has 1 aliphatic heterocycles. The Balaban J connectivity index is 2.37. The highest BCUT2D eigenvalue weighted by molar-refractivity contribution is 8.11. The Morgan fingerprint density at radius 3 is 1.00 bits per heavy atom. The number of hydrogen-bond acceptors (Lipinski definition) is 6. The first-order valence-corrected chi connectivity index (χ1v) is 9.59. The van der Waals surface area contributed by atoms with Crippen LogP contribution in [0.3, 0.4) is 0 Å². The zero-order valence-corrected chi connectivity index (χ0v) is 17.1. The molecule has 0 aliphatic carbocycles. The predicted octanol–water partition coefficient (Wildman–Crippen LogP) is 1.10. The molecule has 0 radical (unpaired) electrons. The van der Waals surface area contributed by atoms with Gasteiger partial charge in [0, 0.05) is 26.2 Å². The Kier molecular flexibility index (Phi) is 13.5. The quantitative estimate of drug-likeness (QED) is 0.451. The zero-order valence-electron chi connectivity index (χ0n) is 13.7. The SMILES string of the molecule is S=C(S)N1CCOCCOCCN(C(=S)S)CCOCCOCC1. The summed E-state index contributed by atoms with van der Waals surface area (Å²) in [5.74, 6) is 0. The molecule has 0 aromatic carbocycles. The second-order valence-corrected chi connectivity index (χ2v) is 7.21. The maximum atomic E-state index is 5.56. The lowest BCUT2D eigenvalue weighted by atomic mass is 10.5. The van der Waals surface area contributed by atoms with Crippen molar-refractivity contribution in [1.82, 2.24) is 9.80 Å². The van der Waals surface area contributed by atoms with Gasteiger partial charge in [0.25, 0.3) is 0 Å². The van der Waals surface area contributed by atoms with E-state index in [1.54, 1.807) is 0 Å². The van der Waals surface area contributed by atoms with Gasteiger partial charge in [-0.15, -0.1) is 25.3 Å². The van der Waals surface area contributed by atoms with E-state index in [1.807, 2.05) is 9.80 Å². The van der Waals surface area contributed by atoms with Gasteiger partial charge in [0.1, 0.15) is 8.64 Å². The van der Waals surface area contributed by atoms with E-state index in [1.165, 1.54) is 0 Å². The van der Waals surface area contributed by atoms with Crippen molar-refractivity contribution in [2.75, 3.05) is 79.0 Å². The number of ether oxygens (including phenoxy) is 4. The maximum absolute atomic E-state index is 5.56. The van der Waals surface area contributed by atoms with E-state index in [9.17, 15) is 0 Å². The van der Waals surface area contributed by atoms with Crippen molar-refractivity contribution in [2.45, 2.75) is 0 Å². The van der Waals surface area contributed by atoms with E-state index in [4.69, 9.17) is 43.4 Å². The fourth-order valence-electron chi connectivity index (χ4n) is 1.95. The molecule has 0 saturated carbocycles. The number of nitrogens with zero attached hydrogens (tertiary/aromatic N) is 2. The van der Waals surface area contributed by atoms with Crippen LogP contribution in [0.1, 0.15) is 0 Å². The summed E-state index contributed by atoms with van der Waals surface area (Å²) in [6.07, 6.45) is 0. The van der Waals surface area contributed by atoms with Gasteiger partial charge in [-0.05, 0) is 0 Å². The Bertz CT molecular complexity index is 323. The van der Waals surface area contributed by atoms with Crippen LogP contribution in [0.2, 0.25) is 0 Å². The normalized spacial score (nSPS) is 20.9. The van der Waals surface area contributed by atoms with Gasteiger partial charge in [-0.25, -0.2) is 0 Å². The molecule has 24 heavy (non-hydrogen) atoms. The van der Waals surface area contributed by atoms with Crippen LogP contribution in [-0.2, 0) is 18.9 Å². The van der Waals surface area contributed by atoms with Gasteiger partial charge in [0.15, 0.2) is 0 Å². The van der Waals surface area contributed by atoms with Crippen LogP contribution in [0.5, 0.6) is 0 Å². The molecule has 0 atom stereocenters. The molecule has 1 fully saturated rings. The highest BCUT2D eigenvalue weighted by Gasteiger charge is 2.08. The van der Waals surface area contributed by atoms with Gasteiger partial charge in [0.2, 0.25) is 0 Å². The van der Waals surface area contributed by atoms with Crippen molar-refractivity contribution < 1.29 is 18.9 Å². The number of thiol groups is 2. The third kappa shape index (κ3) is 11.0. The molecule has 1 saturated heterocycles. The summed E-state index contributed by atoms with van der Waals surface area (Å²) in [7, 11) is 0. The fraction of sp³-hybridized carbons (Fsp3) is 0.857. The maximum Gasteiger partial charge on any atom is 0.133 e. The van der Waals surface area contributed by atoms with E-state index < -0.39 is 0 Å². The van der Waals surface area contributed by atoms with Gasteiger partial charge < -0.3 is 28.7 Å². The Morgan fingerprint density at radius 1 is 0.542 bits per heavy atom. The van der Waals surface area contributed by atoms with Crippen molar-refractivity contribution in [2.24, 2.45) is 0 Å². The zero-order chi connectivity index (χ0) is 17.6.